The molecule has 2 atom stereocenters. The highest BCUT2D eigenvalue weighted by Crippen LogP contribution is 2.56. The molecule has 1 aromatic carbocycles. The number of halogens is 4. The molecule has 1 aliphatic rings. The van der Waals surface area contributed by atoms with Gasteiger partial charge in [0.15, 0.2) is 0 Å². The van der Waals surface area contributed by atoms with Crippen molar-refractivity contribution in [1.29, 1.82) is 0 Å². The van der Waals surface area contributed by atoms with Gasteiger partial charge in [-0.2, -0.15) is 13.2 Å². The summed E-state index contributed by atoms with van der Waals surface area (Å²) in [5.41, 5.74) is -2.65. The third-order valence-electron chi connectivity index (χ3n) is 3.16. The number of rotatable bonds is 3. The molecule has 6 heteroatoms. The Kier molecular flexibility index (Phi) is 3.28. The van der Waals surface area contributed by atoms with E-state index in [1.54, 1.807) is 6.92 Å². The molecule has 0 aliphatic heterocycles. The molecule has 0 spiro atoms. The van der Waals surface area contributed by atoms with E-state index in [0.29, 0.717) is 0 Å². The van der Waals surface area contributed by atoms with Crippen molar-refractivity contribution in [2.45, 2.75) is 25.2 Å². The van der Waals surface area contributed by atoms with E-state index < -0.39 is 29.3 Å². The largest absolute Gasteiger partial charge is 0.466 e. The van der Waals surface area contributed by atoms with E-state index in [1.807, 2.05) is 0 Å². The number of carbonyl (C=O) groups excluding carboxylic acids is 1. The summed E-state index contributed by atoms with van der Waals surface area (Å²) < 4.78 is 56.1. The third kappa shape index (κ3) is 2.57. The van der Waals surface area contributed by atoms with Crippen molar-refractivity contribution in [3.8, 4) is 0 Å². The molecule has 1 saturated carbocycles. The van der Waals surface area contributed by atoms with E-state index in [2.05, 4.69) is 0 Å². The monoisotopic (exact) mass is 276 g/mol. The molecule has 104 valence electrons. The lowest BCUT2D eigenvalue weighted by Gasteiger charge is -2.10. The first kappa shape index (κ1) is 13.8. The Morgan fingerprint density at radius 1 is 1.37 bits per heavy atom. The van der Waals surface area contributed by atoms with Gasteiger partial charge in [-0.05, 0) is 24.6 Å². The lowest BCUT2D eigenvalue weighted by atomic mass is 10.0. The molecule has 0 amide bonds. The maximum absolute atomic E-state index is 14.3. The minimum absolute atomic E-state index is 0.0444. The van der Waals surface area contributed by atoms with Crippen molar-refractivity contribution in [3.63, 3.8) is 0 Å². The molecule has 0 unspecified atom stereocenters. The zero-order valence-corrected chi connectivity index (χ0v) is 10.1. The van der Waals surface area contributed by atoms with Crippen molar-refractivity contribution in [3.05, 3.63) is 35.4 Å². The van der Waals surface area contributed by atoms with E-state index in [4.69, 9.17) is 4.74 Å². The lowest BCUT2D eigenvalue weighted by Crippen LogP contribution is -2.14. The van der Waals surface area contributed by atoms with Gasteiger partial charge < -0.3 is 4.74 Å². The Bertz CT molecular complexity index is 480. The van der Waals surface area contributed by atoms with Gasteiger partial charge in [-0.3, -0.25) is 4.79 Å². The van der Waals surface area contributed by atoms with E-state index in [9.17, 15) is 22.4 Å². The molecule has 1 aliphatic carbocycles. The second kappa shape index (κ2) is 4.51. The molecule has 1 aromatic rings. The topological polar surface area (TPSA) is 26.3 Å². The van der Waals surface area contributed by atoms with Crippen molar-refractivity contribution in [2.24, 2.45) is 5.92 Å². The fourth-order valence-electron chi connectivity index (χ4n) is 2.01. The first-order chi connectivity index (χ1) is 8.79. The lowest BCUT2D eigenvalue weighted by molar-refractivity contribution is -0.146. The van der Waals surface area contributed by atoms with Crippen LogP contribution < -0.4 is 0 Å². The summed E-state index contributed by atoms with van der Waals surface area (Å²) in [7, 11) is 0. The number of benzene rings is 1. The van der Waals surface area contributed by atoms with Gasteiger partial charge in [-0.15, -0.1) is 0 Å². The summed E-state index contributed by atoms with van der Waals surface area (Å²) in [5, 5.41) is 0. The number of ether oxygens (including phenoxy) is 1. The van der Waals surface area contributed by atoms with Gasteiger partial charge in [0, 0.05) is 6.42 Å². The van der Waals surface area contributed by atoms with Crippen LogP contribution in [0.4, 0.5) is 17.6 Å². The van der Waals surface area contributed by atoms with Crippen molar-refractivity contribution >= 4 is 5.97 Å². The maximum Gasteiger partial charge on any atom is 0.416 e. The molecule has 2 nitrogen and oxygen atoms in total. The highest BCUT2D eigenvalue weighted by Gasteiger charge is 2.61. The van der Waals surface area contributed by atoms with E-state index >= 15 is 0 Å². The van der Waals surface area contributed by atoms with Crippen LogP contribution in [0.2, 0.25) is 0 Å². The Balaban J connectivity index is 2.14. The molecule has 0 N–H and O–H groups in total. The average Bonchev–Trinajstić information content (AvgIpc) is 3.03. The van der Waals surface area contributed by atoms with Gasteiger partial charge in [-0.25, -0.2) is 4.39 Å². The van der Waals surface area contributed by atoms with Gasteiger partial charge in [0.1, 0.15) is 5.67 Å². The number of carbonyl (C=O) groups is 1. The standard InChI is InChI=1S/C13H12F4O2/c1-2-19-11(18)10-7-12(10,14)8-3-5-9(6-4-8)13(15,16)17/h3-6,10H,2,7H2,1H3/t10-,12+/m1/s1. The van der Waals surface area contributed by atoms with Crippen LogP contribution in [0.25, 0.3) is 0 Å². The van der Waals surface area contributed by atoms with Gasteiger partial charge in [-0.1, -0.05) is 12.1 Å². The minimum Gasteiger partial charge on any atom is -0.466 e. The van der Waals surface area contributed by atoms with Crippen LogP contribution >= 0.6 is 0 Å². The Morgan fingerprint density at radius 2 is 1.95 bits per heavy atom. The summed E-state index contributed by atoms with van der Waals surface area (Å²) in [4.78, 5) is 11.4. The molecular weight excluding hydrogens is 264 g/mol. The van der Waals surface area contributed by atoms with Gasteiger partial charge in [0.25, 0.3) is 0 Å². The van der Waals surface area contributed by atoms with E-state index in [0.717, 1.165) is 24.3 Å². The smallest absolute Gasteiger partial charge is 0.416 e. The summed E-state index contributed by atoms with van der Waals surface area (Å²) in [6, 6.07) is 3.78. The predicted molar refractivity (Wildman–Crippen MR) is 59.0 cm³/mol. The SMILES string of the molecule is CCOC(=O)[C@H]1C[C@]1(F)c1ccc(C(F)(F)F)cc1. The second-order valence-corrected chi connectivity index (χ2v) is 4.45. The fraction of sp³-hybridized carbons (Fsp3) is 0.462. The van der Waals surface area contributed by atoms with E-state index in [-0.39, 0.29) is 18.6 Å². The molecule has 0 saturated heterocycles. The zero-order valence-electron chi connectivity index (χ0n) is 10.1. The summed E-state index contributed by atoms with van der Waals surface area (Å²) in [6.07, 6.45) is -4.50. The zero-order chi connectivity index (χ0) is 14.3. The van der Waals surface area contributed by atoms with Crippen LogP contribution in [0.3, 0.4) is 0 Å². The van der Waals surface area contributed by atoms with Crippen molar-refractivity contribution in [2.75, 3.05) is 6.61 Å². The molecule has 0 bridgehead atoms. The summed E-state index contributed by atoms with van der Waals surface area (Å²) in [6.45, 7) is 1.76. The molecule has 0 radical (unpaired) electrons. The molecule has 2 rings (SSSR count). The third-order valence-corrected chi connectivity index (χ3v) is 3.16. The quantitative estimate of drug-likeness (QED) is 0.624. The minimum atomic E-state index is -4.45. The van der Waals surface area contributed by atoms with Crippen molar-refractivity contribution < 1.29 is 27.1 Å². The second-order valence-electron chi connectivity index (χ2n) is 4.45. The van der Waals surface area contributed by atoms with Crippen LogP contribution in [-0.4, -0.2) is 12.6 Å². The fourth-order valence-corrected chi connectivity index (χ4v) is 2.01. The molecule has 0 aromatic heterocycles. The van der Waals surface area contributed by atoms with Crippen LogP contribution in [-0.2, 0) is 21.4 Å². The molecular formula is C13H12F4O2. The maximum atomic E-state index is 14.3. The van der Waals surface area contributed by atoms with Crippen LogP contribution in [0, 0.1) is 5.92 Å². The van der Waals surface area contributed by atoms with Gasteiger partial charge >= 0.3 is 12.1 Å². The van der Waals surface area contributed by atoms with Gasteiger partial charge in [0.2, 0.25) is 0 Å². The predicted octanol–water partition coefficient (Wildman–Crippen LogP) is 3.45. The molecule has 1 fully saturated rings. The first-order valence-corrected chi connectivity index (χ1v) is 5.82. The number of esters is 1. The van der Waals surface area contributed by atoms with Crippen LogP contribution in [0.5, 0.6) is 0 Å². The number of hydrogen-bond donors (Lipinski definition) is 0. The normalized spacial score (nSPS) is 26.1. The summed E-state index contributed by atoms with van der Waals surface area (Å²) in [5.74, 6) is -1.56. The Labute approximate surface area is 107 Å². The number of alkyl halides is 4. The van der Waals surface area contributed by atoms with Crippen molar-refractivity contribution in [1.82, 2.24) is 0 Å². The Morgan fingerprint density at radius 3 is 2.42 bits per heavy atom. The Hall–Kier alpha value is -1.59. The average molecular weight is 276 g/mol. The first-order valence-electron chi connectivity index (χ1n) is 5.82. The van der Waals surface area contributed by atoms with Crippen LogP contribution in [0.15, 0.2) is 24.3 Å². The van der Waals surface area contributed by atoms with Gasteiger partial charge in [0.05, 0.1) is 18.1 Å². The molecule has 19 heavy (non-hydrogen) atoms. The number of hydrogen-bond acceptors (Lipinski definition) is 2. The summed E-state index contributed by atoms with van der Waals surface area (Å²) >= 11 is 0. The van der Waals surface area contributed by atoms with Crippen LogP contribution in [0.1, 0.15) is 24.5 Å². The van der Waals surface area contributed by atoms with E-state index in [1.165, 1.54) is 0 Å². The highest BCUT2D eigenvalue weighted by molar-refractivity contribution is 5.78. The molecule has 0 heterocycles. The highest BCUT2D eigenvalue weighted by atomic mass is 19.4.